The van der Waals surface area contributed by atoms with E-state index in [2.05, 4.69) is 5.32 Å². The zero-order chi connectivity index (χ0) is 15.8. The minimum Gasteiger partial charge on any atom is -0.497 e. The van der Waals surface area contributed by atoms with Crippen LogP contribution >= 0.6 is 0 Å². The second kappa shape index (κ2) is 8.08. The quantitative estimate of drug-likeness (QED) is 0.754. The SMILES string of the molecule is CCOc1ccc(NCCC(=O)c2ccc(OC)cc2)cc1. The lowest BCUT2D eigenvalue weighted by atomic mass is 10.1. The molecule has 2 rings (SSSR count). The normalized spacial score (nSPS) is 10.1. The van der Waals surface area contributed by atoms with Crippen LogP contribution in [-0.2, 0) is 0 Å². The first-order valence-electron chi connectivity index (χ1n) is 7.37. The molecule has 0 saturated heterocycles. The van der Waals surface area contributed by atoms with Crippen molar-refractivity contribution in [3.63, 3.8) is 0 Å². The summed E-state index contributed by atoms with van der Waals surface area (Å²) in [5, 5.41) is 3.24. The lowest BCUT2D eigenvalue weighted by Crippen LogP contribution is -2.08. The number of ketones is 1. The Labute approximate surface area is 131 Å². The number of Topliss-reactive ketones (excluding diaryl/α,β-unsaturated/α-hetero) is 1. The molecule has 0 radical (unpaired) electrons. The average molecular weight is 299 g/mol. The molecule has 1 N–H and O–H groups in total. The Morgan fingerprint density at radius 2 is 1.64 bits per heavy atom. The van der Waals surface area contributed by atoms with E-state index in [1.165, 1.54) is 0 Å². The molecule has 116 valence electrons. The monoisotopic (exact) mass is 299 g/mol. The summed E-state index contributed by atoms with van der Waals surface area (Å²) in [4.78, 5) is 12.1. The highest BCUT2D eigenvalue weighted by molar-refractivity contribution is 5.96. The molecule has 4 nitrogen and oxygen atoms in total. The van der Waals surface area contributed by atoms with Gasteiger partial charge in [0.1, 0.15) is 11.5 Å². The van der Waals surface area contributed by atoms with Crippen molar-refractivity contribution in [3.05, 3.63) is 54.1 Å². The molecular weight excluding hydrogens is 278 g/mol. The van der Waals surface area contributed by atoms with Crippen LogP contribution in [0.5, 0.6) is 11.5 Å². The Morgan fingerprint density at radius 1 is 1.00 bits per heavy atom. The summed E-state index contributed by atoms with van der Waals surface area (Å²) in [5.74, 6) is 1.72. The molecule has 0 fully saturated rings. The van der Waals surface area contributed by atoms with Crippen LogP contribution in [0.3, 0.4) is 0 Å². The van der Waals surface area contributed by atoms with Crippen molar-refractivity contribution in [2.24, 2.45) is 0 Å². The highest BCUT2D eigenvalue weighted by atomic mass is 16.5. The molecule has 0 amide bonds. The van der Waals surface area contributed by atoms with Crippen LogP contribution in [0.1, 0.15) is 23.7 Å². The molecule has 22 heavy (non-hydrogen) atoms. The molecule has 2 aromatic carbocycles. The molecule has 4 heteroatoms. The fourth-order valence-corrected chi connectivity index (χ4v) is 2.08. The topological polar surface area (TPSA) is 47.6 Å². The molecule has 0 spiro atoms. The van der Waals surface area contributed by atoms with Crippen LogP contribution in [0, 0.1) is 0 Å². The van der Waals surface area contributed by atoms with Crippen molar-refractivity contribution in [1.82, 2.24) is 0 Å². The number of rotatable bonds is 8. The van der Waals surface area contributed by atoms with Crippen molar-refractivity contribution in [2.75, 3.05) is 25.6 Å². The fraction of sp³-hybridized carbons (Fsp3) is 0.278. The number of anilines is 1. The second-order valence-electron chi connectivity index (χ2n) is 4.79. The van der Waals surface area contributed by atoms with Gasteiger partial charge in [-0.25, -0.2) is 0 Å². The summed E-state index contributed by atoms with van der Waals surface area (Å²) in [6.07, 6.45) is 0.444. The molecule has 0 unspecified atom stereocenters. The smallest absolute Gasteiger partial charge is 0.164 e. The van der Waals surface area contributed by atoms with E-state index < -0.39 is 0 Å². The second-order valence-corrected chi connectivity index (χ2v) is 4.79. The first-order valence-corrected chi connectivity index (χ1v) is 7.37. The Balaban J connectivity index is 1.80. The Morgan fingerprint density at radius 3 is 2.23 bits per heavy atom. The summed E-state index contributed by atoms with van der Waals surface area (Å²) < 4.78 is 10.5. The standard InChI is InChI=1S/C18H21NO3/c1-3-22-17-10-6-15(7-11-17)19-13-12-18(20)14-4-8-16(21-2)9-5-14/h4-11,19H,3,12-13H2,1-2H3. The molecule has 0 saturated carbocycles. The van der Waals surface area contributed by atoms with Crippen molar-refractivity contribution < 1.29 is 14.3 Å². The number of hydrogen-bond acceptors (Lipinski definition) is 4. The summed E-state index contributed by atoms with van der Waals surface area (Å²) in [6, 6.07) is 14.9. The summed E-state index contributed by atoms with van der Waals surface area (Å²) in [6.45, 7) is 3.21. The van der Waals surface area contributed by atoms with Crippen molar-refractivity contribution >= 4 is 11.5 Å². The van der Waals surface area contributed by atoms with Crippen LogP contribution in [0.25, 0.3) is 0 Å². The van der Waals surface area contributed by atoms with Crippen LogP contribution in [0.2, 0.25) is 0 Å². The lowest BCUT2D eigenvalue weighted by molar-refractivity contribution is 0.0986. The van der Waals surface area contributed by atoms with E-state index in [1.54, 1.807) is 31.4 Å². The molecule has 0 atom stereocenters. The van der Waals surface area contributed by atoms with E-state index in [1.807, 2.05) is 31.2 Å². The van der Waals surface area contributed by atoms with E-state index in [9.17, 15) is 4.79 Å². The molecular formula is C18H21NO3. The van der Waals surface area contributed by atoms with Crippen LogP contribution in [0.15, 0.2) is 48.5 Å². The Bertz CT molecular complexity index is 591. The fourth-order valence-electron chi connectivity index (χ4n) is 2.08. The third-order valence-corrected chi connectivity index (χ3v) is 3.26. The molecule has 2 aromatic rings. The number of methoxy groups -OCH3 is 1. The number of ether oxygens (including phenoxy) is 2. The third kappa shape index (κ3) is 4.52. The van der Waals surface area contributed by atoms with Gasteiger partial charge in [0.25, 0.3) is 0 Å². The molecule has 0 aromatic heterocycles. The number of benzene rings is 2. The summed E-state index contributed by atoms with van der Waals surface area (Å²) in [5.41, 5.74) is 1.68. The van der Waals surface area contributed by atoms with Gasteiger partial charge in [0.15, 0.2) is 5.78 Å². The largest absolute Gasteiger partial charge is 0.497 e. The van der Waals surface area contributed by atoms with Gasteiger partial charge in [-0.3, -0.25) is 4.79 Å². The Kier molecular flexibility index (Phi) is 5.83. The van der Waals surface area contributed by atoms with E-state index in [0.717, 1.165) is 17.2 Å². The van der Waals surface area contributed by atoms with Gasteiger partial charge < -0.3 is 14.8 Å². The Hall–Kier alpha value is -2.49. The molecule has 0 aliphatic carbocycles. The van der Waals surface area contributed by atoms with Gasteiger partial charge in [-0.1, -0.05) is 0 Å². The molecule has 0 aliphatic heterocycles. The first kappa shape index (κ1) is 15.9. The zero-order valence-corrected chi connectivity index (χ0v) is 13.0. The molecule has 0 aliphatic rings. The van der Waals surface area contributed by atoms with E-state index in [4.69, 9.17) is 9.47 Å². The maximum atomic E-state index is 12.1. The van der Waals surface area contributed by atoms with E-state index in [-0.39, 0.29) is 5.78 Å². The van der Waals surface area contributed by atoms with Gasteiger partial charge >= 0.3 is 0 Å². The minimum atomic E-state index is 0.112. The number of carbonyl (C=O) groups excluding carboxylic acids is 1. The van der Waals surface area contributed by atoms with Gasteiger partial charge in [-0.2, -0.15) is 0 Å². The molecule has 0 heterocycles. The van der Waals surface area contributed by atoms with E-state index in [0.29, 0.717) is 25.1 Å². The highest BCUT2D eigenvalue weighted by Crippen LogP contribution is 2.16. The van der Waals surface area contributed by atoms with E-state index >= 15 is 0 Å². The number of nitrogens with one attached hydrogen (secondary N) is 1. The van der Waals surface area contributed by atoms with Crippen molar-refractivity contribution in [1.29, 1.82) is 0 Å². The van der Waals surface area contributed by atoms with Gasteiger partial charge in [0, 0.05) is 24.2 Å². The predicted molar refractivity (Wildman–Crippen MR) is 88.0 cm³/mol. The molecule has 0 bridgehead atoms. The van der Waals surface area contributed by atoms with Crippen molar-refractivity contribution in [2.45, 2.75) is 13.3 Å². The first-order chi connectivity index (χ1) is 10.7. The maximum Gasteiger partial charge on any atom is 0.164 e. The third-order valence-electron chi connectivity index (χ3n) is 3.26. The highest BCUT2D eigenvalue weighted by Gasteiger charge is 2.05. The predicted octanol–water partition coefficient (Wildman–Crippen LogP) is 3.78. The van der Waals surface area contributed by atoms with Crippen LogP contribution < -0.4 is 14.8 Å². The van der Waals surface area contributed by atoms with Gasteiger partial charge in [0.2, 0.25) is 0 Å². The van der Waals surface area contributed by atoms with Gasteiger partial charge in [-0.15, -0.1) is 0 Å². The lowest BCUT2D eigenvalue weighted by Gasteiger charge is -2.08. The number of hydrogen-bond donors (Lipinski definition) is 1. The maximum absolute atomic E-state index is 12.1. The van der Waals surface area contributed by atoms with Crippen LogP contribution in [-0.4, -0.2) is 26.0 Å². The van der Waals surface area contributed by atoms with Gasteiger partial charge in [-0.05, 0) is 55.5 Å². The summed E-state index contributed by atoms with van der Waals surface area (Å²) in [7, 11) is 1.61. The van der Waals surface area contributed by atoms with Crippen LogP contribution in [0.4, 0.5) is 5.69 Å². The minimum absolute atomic E-state index is 0.112. The summed E-state index contributed by atoms with van der Waals surface area (Å²) >= 11 is 0. The average Bonchev–Trinajstić information content (AvgIpc) is 2.56. The van der Waals surface area contributed by atoms with Gasteiger partial charge in [0.05, 0.1) is 13.7 Å². The zero-order valence-electron chi connectivity index (χ0n) is 13.0. The van der Waals surface area contributed by atoms with Crippen molar-refractivity contribution in [3.8, 4) is 11.5 Å². The number of carbonyl (C=O) groups is 1.